The maximum Gasteiger partial charge on any atom is 0.309 e. The van der Waals surface area contributed by atoms with Gasteiger partial charge >= 0.3 is 5.97 Å². The molecule has 1 saturated carbocycles. The van der Waals surface area contributed by atoms with E-state index in [9.17, 15) is 9.90 Å². The highest BCUT2D eigenvalue weighted by Crippen LogP contribution is 2.44. The molecule has 0 spiro atoms. The van der Waals surface area contributed by atoms with Crippen LogP contribution in [0.3, 0.4) is 0 Å². The minimum atomic E-state index is -0.453. The summed E-state index contributed by atoms with van der Waals surface area (Å²) in [5.74, 6) is -0.0280. The number of phenols is 1. The lowest BCUT2D eigenvalue weighted by Gasteiger charge is -2.43. The molecule has 0 bridgehead atoms. The Balaban J connectivity index is 2.01. The molecule has 1 aliphatic carbocycles. The number of hydrogen-bond acceptors (Lipinski definition) is 4. The van der Waals surface area contributed by atoms with Gasteiger partial charge in [-0.3, -0.25) is 4.79 Å². The Morgan fingerprint density at radius 2 is 2.06 bits per heavy atom. The minimum absolute atomic E-state index is 0.0891. The van der Waals surface area contributed by atoms with E-state index in [0.717, 1.165) is 5.56 Å². The van der Waals surface area contributed by atoms with Gasteiger partial charge in [-0.2, -0.15) is 0 Å². The lowest BCUT2D eigenvalue weighted by Crippen LogP contribution is -2.51. The van der Waals surface area contributed by atoms with Crippen LogP contribution in [0.15, 0.2) is 24.3 Å². The van der Waals surface area contributed by atoms with E-state index in [4.69, 9.17) is 10.5 Å². The summed E-state index contributed by atoms with van der Waals surface area (Å²) in [6, 6.07) is 6.83. The van der Waals surface area contributed by atoms with Crippen LogP contribution in [0.4, 0.5) is 0 Å². The molecular weight excluding hydrogens is 218 g/mol. The maximum absolute atomic E-state index is 11.5. The van der Waals surface area contributed by atoms with Crippen molar-refractivity contribution in [3.8, 4) is 5.75 Å². The second-order valence-electron chi connectivity index (χ2n) is 4.56. The van der Waals surface area contributed by atoms with Crippen molar-refractivity contribution in [1.82, 2.24) is 0 Å². The third-order valence-corrected chi connectivity index (χ3v) is 3.28. The fourth-order valence-electron chi connectivity index (χ4n) is 2.28. The molecule has 1 fully saturated rings. The van der Waals surface area contributed by atoms with Crippen molar-refractivity contribution in [1.29, 1.82) is 0 Å². The average Bonchev–Trinajstić information content (AvgIpc) is 2.26. The maximum atomic E-state index is 11.5. The molecule has 1 aliphatic rings. The zero-order valence-corrected chi connectivity index (χ0v) is 9.85. The summed E-state index contributed by atoms with van der Waals surface area (Å²) >= 11 is 0. The van der Waals surface area contributed by atoms with Gasteiger partial charge in [-0.15, -0.1) is 0 Å². The van der Waals surface area contributed by atoms with E-state index >= 15 is 0 Å². The standard InChI is InChI=1S/C13H17NO3/c1-2-17-12(16)9-7-13(14,8-9)10-3-5-11(15)6-4-10/h3-6,9,15H,2,7-8,14H2,1H3. The Morgan fingerprint density at radius 3 is 2.59 bits per heavy atom. The van der Waals surface area contributed by atoms with Crippen molar-refractivity contribution >= 4 is 5.97 Å². The van der Waals surface area contributed by atoms with E-state index in [1.54, 1.807) is 31.2 Å². The number of carbonyl (C=O) groups is 1. The molecular formula is C13H17NO3. The molecule has 3 N–H and O–H groups in total. The summed E-state index contributed by atoms with van der Waals surface area (Å²) in [7, 11) is 0. The third-order valence-electron chi connectivity index (χ3n) is 3.28. The first-order chi connectivity index (χ1) is 8.05. The number of aromatic hydroxyl groups is 1. The molecule has 0 saturated heterocycles. The highest BCUT2D eigenvalue weighted by atomic mass is 16.5. The number of benzene rings is 1. The van der Waals surface area contributed by atoms with Crippen LogP contribution < -0.4 is 5.73 Å². The Kier molecular flexibility index (Phi) is 3.07. The summed E-state index contributed by atoms with van der Waals surface area (Å²) < 4.78 is 4.96. The van der Waals surface area contributed by atoms with Gasteiger partial charge in [0.15, 0.2) is 0 Å². The second kappa shape index (κ2) is 4.37. The van der Waals surface area contributed by atoms with Gasteiger partial charge in [0.25, 0.3) is 0 Å². The summed E-state index contributed by atoms with van der Waals surface area (Å²) in [6.07, 6.45) is 1.22. The molecule has 0 atom stereocenters. The van der Waals surface area contributed by atoms with Gasteiger partial charge in [0, 0.05) is 5.54 Å². The predicted octanol–water partition coefficient (Wildman–Crippen LogP) is 1.52. The molecule has 0 aliphatic heterocycles. The van der Waals surface area contributed by atoms with Crippen molar-refractivity contribution in [2.45, 2.75) is 25.3 Å². The number of phenolic OH excluding ortho intramolecular Hbond substituents is 1. The Morgan fingerprint density at radius 1 is 1.47 bits per heavy atom. The largest absolute Gasteiger partial charge is 0.508 e. The number of rotatable bonds is 3. The number of esters is 1. The van der Waals surface area contributed by atoms with Crippen molar-refractivity contribution in [3.63, 3.8) is 0 Å². The molecule has 0 amide bonds. The molecule has 1 aromatic rings. The summed E-state index contributed by atoms with van der Waals surface area (Å²) in [5.41, 5.74) is 6.71. The van der Waals surface area contributed by atoms with Crippen LogP contribution in [0.1, 0.15) is 25.3 Å². The first-order valence-corrected chi connectivity index (χ1v) is 5.80. The first-order valence-electron chi connectivity index (χ1n) is 5.80. The van der Waals surface area contributed by atoms with Crippen molar-refractivity contribution < 1.29 is 14.6 Å². The Hall–Kier alpha value is -1.55. The number of nitrogens with two attached hydrogens (primary N) is 1. The van der Waals surface area contributed by atoms with Crippen LogP contribution in [0, 0.1) is 5.92 Å². The molecule has 4 nitrogen and oxygen atoms in total. The van der Waals surface area contributed by atoms with Crippen LogP contribution in [0.5, 0.6) is 5.75 Å². The molecule has 17 heavy (non-hydrogen) atoms. The van der Waals surface area contributed by atoms with E-state index in [-0.39, 0.29) is 17.6 Å². The van der Waals surface area contributed by atoms with Crippen LogP contribution >= 0.6 is 0 Å². The molecule has 2 rings (SSSR count). The fourth-order valence-corrected chi connectivity index (χ4v) is 2.28. The molecule has 0 aromatic heterocycles. The van der Waals surface area contributed by atoms with Crippen LogP contribution in [0.2, 0.25) is 0 Å². The number of hydrogen-bond donors (Lipinski definition) is 2. The van der Waals surface area contributed by atoms with Gasteiger partial charge < -0.3 is 15.6 Å². The smallest absolute Gasteiger partial charge is 0.309 e. The molecule has 0 radical (unpaired) electrons. The Bertz CT molecular complexity index is 407. The highest BCUT2D eigenvalue weighted by molar-refractivity contribution is 5.74. The van der Waals surface area contributed by atoms with Gasteiger partial charge in [-0.05, 0) is 37.5 Å². The number of ether oxygens (including phenoxy) is 1. The molecule has 0 heterocycles. The first kappa shape index (κ1) is 11.9. The fraction of sp³-hybridized carbons (Fsp3) is 0.462. The quantitative estimate of drug-likeness (QED) is 0.779. The van der Waals surface area contributed by atoms with Crippen LogP contribution in [0.25, 0.3) is 0 Å². The molecule has 0 unspecified atom stereocenters. The van der Waals surface area contributed by atoms with Crippen LogP contribution in [-0.2, 0) is 15.1 Å². The SMILES string of the molecule is CCOC(=O)C1CC(N)(c2ccc(O)cc2)C1. The van der Waals surface area contributed by atoms with Gasteiger partial charge in [0.1, 0.15) is 5.75 Å². The van der Waals surface area contributed by atoms with Crippen LogP contribution in [-0.4, -0.2) is 17.7 Å². The van der Waals surface area contributed by atoms with Crippen molar-refractivity contribution in [3.05, 3.63) is 29.8 Å². The Labute approximate surface area is 100 Å². The lowest BCUT2D eigenvalue weighted by molar-refractivity contribution is -0.153. The molecule has 4 heteroatoms. The normalized spacial score (nSPS) is 27.3. The van der Waals surface area contributed by atoms with Gasteiger partial charge in [0.2, 0.25) is 0 Å². The minimum Gasteiger partial charge on any atom is -0.508 e. The van der Waals surface area contributed by atoms with E-state index in [1.807, 2.05) is 0 Å². The third kappa shape index (κ3) is 2.26. The average molecular weight is 235 g/mol. The summed E-state index contributed by atoms with van der Waals surface area (Å²) in [5, 5.41) is 9.21. The summed E-state index contributed by atoms with van der Waals surface area (Å²) in [6.45, 7) is 2.21. The zero-order chi connectivity index (χ0) is 12.5. The zero-order valence-electron chi connectivity index (χ0n) is 9.85. The molecule has 92 valence electrons. The topological polar surface area (TPSA) is 72.5 Å². The molecule has 1 aromatic carbocycles. The van der Waals surface area contributed by atoms with Gasteiger partial charge in [-0.1, -0.05) is 12.1 Å². The summed E-state index contributed by atoms with van der Waals surface area (Å²) in [4.78, 5) is 11.5. The van der Waals surface area contributed by atoms with Gasteiger partial charge in [0.05, 0.1) is 12.5 Å². The van der Waals surface area contributed by atoms with Crippen molar-refractivity contribution in [2.75, 3.05) is 6.61 Å². The van der Waals surface area contributed by atoms with Crippen molar-refractivity contribution in [2.24, 2.45) is 11.7 Å². The predicted molar refractivity (Wildman–Crippen MR) is 63.3 cm³/mol. The number of carbonyl (C=O) groups excluding carboxylic acids is 1. The van der Waals surface area contributed by atoms with E-state index in [1.165, 1.54) is 0 Å². The van der Waals surface area contributed by atoms with Gasteiger partial charge in [-0.25, -0.2) is 0 Å². The lowest BCUT2D eigenvalue weighted by atomic mass is 9.65. The van der Waals surface area contributed by atoms with E-state index in [2.05, 4.69) is 0 Å². The monoisotopic (exact) mass is 235 g/mol. The van der Waals surface area contributed by atoms with E-state index in [0.29, 0.717) is 19.4 Å². The highest BCUT2D eigenvalue weighted by Gasteiger charge is 2.46. The van der Waals surface area contributed by atoms with E-state index < -0.39 is 5.54 Å². The second-order valence-corrected chi connectivity index (χ2v) is 4.56.